The van der Waals surface area contributed by atoms with Crippen LogP contribution in [0, 0.1) is 23.4 Å². The molecule has 2 fully saturated rings. The van der Waals surface area contributed by atoms with Gasteiger partial charge in [-0.3, -0.25) is 0 Å². The van der Waals surface area contributed by atoms with Gasteiger partial charge in [-0.25, -0.2) is 39.9 Å². The van der Waals surface area contributed by atoms with Crippen molar-refractivity contribution < 1.29 is 35.2 Å². The van der Waals surface area contributed by atoms with E-state index < -0.39 is 58.6 Å². The van der Waals surface area contributed by atoms with E-state index in [1.807, 2.05) is 0 Å². The van der Waals surface area contributed by atoms with Gasteiger partial charge >= 0.3 is 6.03 Å². The first-order chi connectivity index (χ1) is 16.5. The van der Waals surface area contributed by atoms with E-state index in [0.717, 1.165) is 12.1 Å². The van der Waals surface area contributed by atoms with Crippen LogP contribution < -0.4 is 10.0 Å². The molecule has 1 aliphatic carbocycles. The summed E-state index contributed by atoms with van der Waals surface area (Å²) < 4.78 is 95.4. The molecule has 190 valence electrons. The summed E-state index contributed by atoms with van der Waals surface area (Å²) in [5.41, 5.74) is 0.000148. The van der Waals surface area contributed by atoms with Gasteiger partial charge in [0.05, 0.1) is 18.3 Å². The zero-order valence-electron chi connectivity index (χ0n) is 18.6. The number of urea groups is 1. The zero-order chi connectivity index (χ0) is 25.5. The summed E-state index contributed by atoms with van der Waals surface area (Å²) in [7, 11) is -3.69. The minimum Gasteiger partial charge on any atom is -0.332 e. The molecule has 0 spiro atoms. The Morgan fingerprint density at radius 2 is 1.83 bits per heavy atom. The van der Waals surface area contributed by atoms with E-state index in [1.165, 1.54) is 30.0 Å². The lowest BCUT2D eigenvalue weighted by Crippen LogP contribution is -2.54. The van der Waals surface area contributed by atoms with Gasteiger partial charge in [-0.2, -0.15) is 0 Å². The molecule has 35 heavy (non-hydrogen) atoms. The van der Waals surface area contributed by atoms with Gasteiger partial charge < -0.3 is 10.2 Å². The number of rotatable bonds is 8. The normalized spacial score (nSPS) is 23.5. The number of likely N-dealkylation sites (tertiary alicyclic amines) is 1. The second-order valence-corrected chi connectivity index (χ2v) is 10.7. The number of carbonyl (C=O) groups is 1. The predicted molar refractivity (Wildman–Crippen MR) is 119 cm³/mol. The van der Waals surface area contributed by atoms with Gasteiger partial charge in [0.25, 0.3) is 6.43 Å². The maximum atomic E-state index is 15.5. The fourth-order valence-corrected chi connectivity index (χ4v) is 5.66. The SMILES string of the molecule is CCS(=O)(=O)N[C@H]1[C@@H]2C[C@@H]2N(C(=O)NCC(F)F)[C@H]1Cc1cccc(-c2cc(F)cc(F)c2)c1F. The second kappa shape index (κ2) is 9.73. The zero-order valence-corrected chi connectivity index (χ0v) is 19.5. The minimum absolute atomic E-state index is 0.0223. The van der Waals surface area contributed by atoms with Crippen molar-refractivity contribution in [1.29, 1.82) is 0 Å². The van der Waals surface area contributed by atoms with Crippen molar-refractivity contribution in [3.05, 3.63) is 59.4 Å². The Morgan fingerprint density at radius 3 is 2.46 bits per heavy atom. The van der Waals surface area contributed by atoms with Crippen molar-refractivity contribution >= 4 is 16.1 Å². The molecule has 2 amide bonds. The Kier molecular flexibility index (Phi) is 7.05. The van der Waals surface area contributed by atoms with E-state index in [-0.39, 0.29) is 40.8 Å². The predicted octanol–water partition coefficient (Wildman–Crippen LogP) is 3.67. The number of benzene rings is 2. The largest absolute Gasteiger partial charge is 0.332 e. The minimum atomic E-state index is -3.69. The van der Waals surface area contributed by atoms with E-state index >= 15 is 4.39 Å². The van der Waals surface area contributed by atoms with Gasteiger partial charge in [0.15, 0.2) is 0 Å². The Balaban J connectivity index is 1.67. The smallest absolute Gasteiger partial charge is 0.318 e. The monoisotopic (exact) mass is 517 g/mol. The molecule has 2 aromatic rings. The average Bonchev–Trinajstić information content (AvgIpc) is 3.50. The number of halogens is 5. The second-order valence-electron chi connectivity index (χ2n) is 8.71. The average molecular weight is 518 g/mol. The molecule has 0 radical (unpaired) electrons. The molecule has 4 rings (SSSR count). The lowest BCUT2D eigenvalue weighted by atomic mass is 9.94. The molecule has 0 bridgehead atoms. The number of nitrogens with one attached hydrogen (secondary N) is 2. The van der Waals surface area contributed by atoms with Crippen LogP contribution >= 0.6 is 0 Å². The molecule has 1 saturated carbocycles. The van der Waals surface area contributed by atoms with Crippen LogP contribution in [0.25, 0.3) is 11.1 Å². The number of alkyl halides is 2. The summed E-state index contributed by atoms with van der Waals surface area (Å²) in [6.45, 7) is 0.574. The van der Waals surface area contributed by atoms with Crippen LogP contribution in [0.4, 0.5) is 26.7 Å². The lowest BCUT2D eigenvalue weighted by molar-refractivity contribution is 0.134. The van der Waals surface area contributed by atoms with Crippen LogP contribution in [0.1, 0.15) is 18.9 Å². The molecule has 1 saturated heterocycles. The summed E-state index contributed by atoms with van der Waals surface area (Å²) in [6.07, 6.45) is -2.42. The van der Waals surface area contributed by atoms with Crippen molar-refractivity contribution in [2.24, 2.45) is 5.92 Å². The molecule has 2 aromatic carbocycles. The first-order valence-electron chi connectivity index (χ1n) is 11.1. The number of piperidine rings is 1. The molecule has 1 heterocycles. The van der Waals surface area contributed by atoms with E-state index in [0.29, 0.717) is 12.5 Å². The molecule has 12 heteroatoms. The summed E-state index contributed by atoms with van der Waals surface area (Å²) in [5.74, 6) is -2.97. The first kappa shape index (κ1) is 25.4. The third-order valence-electron chi connectivity index (χ3n) is 6.41. The van der Waals surface area contributed by atoms with E-state index in [2.05, 4.69) is 10.0 Å². The molecular weight excluding hydrogens is 493 g/mol. The topological polar surface area (TPSA) is 78.5 Å². The van der Waals surface area contributed by atoms with E-state index in [4.69, 9.17) is 0 Å². The first-order valence-corrected chi connectivity index (χ1v) is 12.7. The van der Waals surface area contributed by atoms with Crippen LogP contribution in [0.2, 0.25) is 0 Å². The quantitative estimate of drug-likeness (QED) is 0.525. The molecule has 2 aliphatic rings. The maximum absolute atomic E-state index is 15.5. The third-order valence-corrected chi connectivity index (χ3v) is 7.81. The van der Waals surface area contributed by atoms with Crippen LogP contribution in [-0.4, -0.2) is 56.2 Å². The Bertz CT molecular complexity index is 1210. The molecule has 0 aromatic heterocycles. The van der Waals surface area contributed by atoms with Crippen molar-refractivity contribution in [3.8, 4) is 11.1 Å². The summed E-state index contributed by atoms with van der Waals surface area (Å²) in [6, 6.07) is 4.15. The number of fused-ring (bicyclic) bond motifs is 1. The highest BCUT2D eigenvalue weighted by molar-refractivity contribution is 7.89. The van der Waals surface area contributed by atoms with Crippen molar-refractivity contribution in [2.45, 2.75) is 44.3 Å². The summed E-state index contributed by atoms with van der Waals surface area (Å²) in [4.78, 5) is 14.1. The number of sulfonamides is 1. The highest BCUT2D eigenvalue weighted by Crippen LogP contribution is 2.49. The maximum Gasteiger partial charge on any atom is 0.318 e. The molecule has 0 unspecified atom stereocenters. The highest BCUT2D eigenvalue weighted by Gasteiger charge is 2.61. The fraction of sp³-hybridized carbons (Fsp3) is 0.435. The number of carbonyl (C=O) groups excluding carboxylic acids is 1. The summed E-state index contributed by atoms with van der Waals surface area (Å²) >= 11 is 0. The molecule has 6 nitrogen and oxygen atoms in total. The van der Waals surface area contributed by atoms with Crippen LogP contribution in [0.5, 0.6) is 0 Å². The van der Waals surface area contributed by atoms with Gasteiger partial charge in [-0.05, 0) is 48.9 Å². The molecule has 1 aliphatic heterocycles. The van der Waals surface area contributed by atoms with Crippen LogP contribution in [0.15, 0.2) is 36.4 Å². The Morgan fingerprint density at radius 1 is 1.14 bits per heavy atom. The third kappa shape index (κ3) is 5.43. The van der Waals surface area contributed by atoms with E-state index in [1.54, 1.807) is 0 Å². The van der Waals surface area contributed by atoms with Gasteiger partial charge in [-0.15, -0.1) is 0 Å². The van der Waals surface area contributed by atoms with Crippen molar-refractivity contribution in [1.82, 2.24) is 14.9 Å². The van der Waals surface area contributed by atoms with Crippen LogP contribution in [0.3, 0.4) is 0 Å². The Hall–Kier alpha value is -2.73. The fourth-order valence-electron chi connectivity index (χ4n) is 4.74. The molecular formula is C23H24F5N3O3S. The molecule has 4 atom stereocenters. The van der Waals surface area contributed by atoms with Gasteiger partial charge in [0.2, 0.25) is 10.0 Å². The van der Waals surface area contributed by atoms with Crippen molar-refractivity contribution in [3.63, 3.8) is 0 Å². The Labute approximate surface area is 199 Å². The number of amides is 2. The number of hydrogen-bond acceptors (Lipinski definition) is 3. The van der Waals surface area contributed by atoms with Crippen LogP contribution in [-0.2, 0) is 16.4 Å². The number of hydrogen-bond donors (Lipinski definition) is 2. The van der Waals surface area contributed by atoms with E-state index in [9.17, 15) is 30.8 Å². The highest BCUT2D eigenvalue weighted by atomic mass is 32.2. The van der Waals surface area contributed by atoms with Crippen molar-refractivity contribution in [2.75, 3.05) is 12.3 Å². The standard InChI is InChI=1S/C23H24F5N3O3S/c1-2-35(33,34)30-22-17-10-18(17)31(23(32)29-11-20(26)27)19(22)8-12-4-3-5-16(21(12)28)13-6-14(24)9-15(25)7-13/h3-7,9,17-20,22,30H,2,8,10-11H2,1H3,(H,29,32)/t17-,18+,19+,22+/m1/s1. The van der Waals surface area contributed by atoms with Gasteiger partial charge in [0.1, 0.15) is 17.5 Å². The van der Waals surface area contributed by atoms with Gasteiger partial charge in [-0.1, -0.05) is 18.2 Å². The lowest BCUT2D eigenvalue weighted by Gasteiger charge is -2.32. The number of nitrogens with zero attached hydrogens (tertiary/aromatic N) is 1. The van der Waals surface area contributed by atoms with Gasteiger partial charge in [0, 0.05) is 23.7 Å². The molecule has 2 N–H and O–H groups in total. The summed E-state index contributed by atoms with van der Waals surface area (Å²) in [5, 5.41) is 2.14.